The maximum absolute atomic E-state index is 11.0. The molecule has 2 aromatic rings. The van der Waals surface area contributed by atoms with Gasteiger partial charge in [-0.1, -0.05) is 19.1 Å². The Balaban J connectivity index is 2.02. The summed E-state index contributed by atoms with van der Waals surface area (Å²) in [5.41, 5.74) is 2.58. The molecule has 4 nitrogen and oxygen atoms in total. The molecule has 4 heteroatoms. The molecule has 1 aromatic heterocycles. The van der Waals surface area contributed by atoms with Crippen LogP contribution in [0.25, 0.3) is 11.0 Å². The lowest BCUT2D eigenvalue weighted by Crippen LogP contribution is -2.07. The average Bonchev–Trinajstić information content (AvgIpc) is 2.38. The minimum atomic E-state index is -0.182. The molecule has 0 bridgehead atoms. The third-order valence-corrected chi connectivity index (χ3v) is 2.41. The number of nitrogens with zero attached hydrogens (tertiary/aromatic N) is 2. The molecule has 0 amide bonds. The molecule has 0 unspecified atom stereocenters. The Hall–Kier alpha value is -1.97. The number of hydrogen-bond acceptors (Lipinski definition) is 4. The zero-order valence-corrected chi connectivity index (χ0v) is 9.72. The van der Waals surface area contributed by atoms with Crippen molar-refractivity contribution in [2.75, 3.05) is 6.61 Å². The van der Waals surface area contributed by atoms with Gasteiger partial charge in [-0.3, -0.25) is 9.78 Å². The maximum Gasteiger partial charge on any atom is 0.305 e. The van der Waals surface area contributed by atoms with Crippen molar-refractivity contribution in [3.05, 3.63) is 36.2 Å². The van der Waals surface area contributed by atoms with Crippen LogP contribution >= 0.6 is 0 Å². The Morgan fingerprint density at radius 2 is 2.06 bits per heavy atom. The van der Waals surface area contributed by atoms with Gasteiger partial charge in [0.2, 0.25) is 0 Å². The second kappa shape index (κ2) is 5.39. The van der Waals surface area contributed by atoms with Gasteiger partial charge in [0.25, 0.3) is 0 Å². The first-order chi connectivity index (χ1) is 8.29. The number of rotatable bonds is 4. The number of para-hydroxylation sites is 2. The van der Waals surface area contributed by atoms with Gasteiger partial charge in [0.05, 0.1) is 23.3 Å². The minimum Gasteiger partial charge on any atom is -0.465 e. The van der Waals surface area contributed by atoms with Crippen LogP contribution < -0.4 is 0 Å². The first kappa shape index (κ1) is 11.5. The molecule has 0 saturated carbocycles. The third-order valence-electron chi connectivity index (χ3n) is 2.41. The highest BCUT2D eigenvalue weighted by molar-refractivity contribution is 5.73. The van der Waals surface area contributed by atoms with Crippen LogP contribution in [-0.2, 0) is 16.0 Å². The van der Waals surface area contributed by atoms with Gasteiger partial charge in [0, 0.05) is 19.0 Å². The van der Waals surface area contributed by atoms with Crippen molar-refractivity contribution in [2.24, 2.45) is 0 Å². The van der Waals surface area contributed by atoms with Crippen molar-refractivity contribution in [3.63, 3.8) is 0 Å². The number of benzene rings is 1. The Kier molecular flexibility index (Phi) is 3.65. The largest absolute Gasteiger partial charge is 0.465 e. The molecule has 17 heavy (non-hydrogen) atoms. The van der Waals surface area contributed by atoms with Crippen LogP contribution in [0.3, 0.4) is 0 Å². The molecule has 0 radical (unpaired) electrons. The third kappa shape index (κ3) is 3.00. The Morgan fingerprint density at radius 3 is 2.82 bits per heavy atom. The van der Waals surface area contributed by atoms with Crippen LogP contribution in [0.1, 0.15) is 19.0 Å². The molecular formula is C13H14N2O2. The number of ether oxygens (including phenoxy) is 1. The predicted molar refractivity (Wildman–Crippen MR) is 64.5 cm³/mol. The van der Waals surface area contributed by atoms with Gasteiger partial charge in [-0.25, -0.2) is 4.98 Å². The second-order valence-corrected chi connectivity index (χ2v) is 3.67. The molecule has 0 aliphatic carbocycles. The highest BCUT2D eigenvalue weighted by Crippen LogP contribution is 2.08. The van der Waals surface area contributed by atoms with E-state index in [0.29, 0.717) is 19.4 Å². The summed E-state index contributed by atoms with van der Waals surface area (Å²) >= 11 is 0. The van der Waals surface area contributed by atoms with Crippen molar-refractivity contribution in [2.45, 2.75) is 19.8 Å². The Labute approximate surface area is 99.7 Å². The summed E-state index contributed by atoms with van der Waals surface area (Å²) in [6, 6.07) is 7.70. The highest BCUT2D eigenvalue weighted by Gasteiger charge is 2.01. The van der Waals surface area contributed by atoms with Crippen LogP contribution in [0.2, 0.25) is 0 Å². The fourth-order valence-electron chi connectivity index (χ4n) is 1.49. The van der Waals surface area contributed by atoms with E-state index in [1.165, 1.54) is 0 Å². The number of aromatic nitrogens is 2. The molecule has 1 aromatic carbocycles. The summed E-state index contributed by atoms with van der Waals surface area (Å²) in [7, 11) is 0. The predicted octanol–water partition coefficient (Wildman–Crippen LogP) is 2.13. The van der Waals surface area contributed by atoms with E-state index in [1.54, 1.807) is 13.1 Å². The summed E-state index contributed by atoms with van der Waals surface area (Å²) in [5.74, 6) is -0.182. The van der Waals surface area contributed by atoms with Crippen molar-refractivity contribution >= 4 is 17.0 Å². The van der Waals surface area contributed by atoms with E-state index in [0.717, 1.165) is 16.7 Å². The van der Waals surface area contributed by atoms with Crippen LogP contribution in [0.5, 0.6) is 0 Å². The molecule has 88 valence electrons. The maximum atomic E-state index is 11.0. The van der Waals surface area contributed by atoms with Gasteiger partial charge < -0.3 is 4.74 Å². The summed E-state index contributed by atoms with van der Waals surface area (Å²) in [5, 5.41) is 0. The van der Waals surface area contributed by atoms with Crippen LogP contribution in [-0.4, -0.2) is 22.5 Å². The molecule has 2 rings (SSSR count). The normalized spacial score (nSPS) is 10.4. The molecule has 0 spiro atoms. The van der Waals surface area contributed by atoms with Crippen LogP contribution in [0, 0.1) is 0 Å². The lowest BCUT2D eigenvalue weighted by atomic mass is 10.2. The average molecular weight is 230 g/mol. The summed E-state index contributed by atoms with van der Waals surface area (Å²) < 4.78 is 5.00. The van der Waals surface area contributed by atoms with Crippen LogP contribution in [0.4, 0.5) is 0 Å². The number of carbonyl (C=O) groups excluding carboxylic acids is 1. The first-order valence-corrected chi connectivity index (χ1v) is 5.66. The van der Waals surface area contributed by atoms with Gasteiger partial charge in [-0.15, -0.1) is 0 Å². The number of esters is 1. The summed E-state index contributed by atoms with van der Waals surface area (Å²) in [4.78, 5) is 19.7. The fraction of sp³-hybridized carbons (Fsp3) is 0.308. The number of carbonyl (C=O) groups is 1. The van der Waals surface area contributed by atoms with Crippen molar-refractivity contribution in [1.29, 1.82) is 0 Å². The molecule has 0 fully saturated rings. The molecule has 0 atom stereocenters. The quantitative estimate of drug-likeness (QED) is 0.755. The summed E-state index contributed by atoms with van der Waals surface area (Å²) in [6.07, 6.45) is 2.73. The zero-order valence-electron chi connectivity index (χ0n) is 9.72. The van der Waals surface area contributed by atoms with Gasteiger partial charge in [-0.2, -0.15) is 0 Å². The SMILES string of the molecule is CCC(=O)OCCc1cnc2ccccc2n1. The molecule has 0 aliphatic rings. The van der Waals surface area contributed by atoms with E-state index >= 15 is 0 Å². The fourth-order valence-corrected chi connectivity index (χ4v) is 1.49. The van der Waals surface area contributed by atoms with E-state index in [1.807, 2.05) is 24.3 Å². The lowest BCUT2D eigenvalue weighted by Gasteiger charge is -2.03. The van der Waals surface area contributed by atoms with Gasteiger partial charge in [0.1, 0.15) is 0 Å². The highest BCUT2D eigenvalue weighted by atomic mass is 16.5. The first-order valence-electron chi connectivity index (χ1n) is 5.66. The van der Waals surface area contributed by atoms with E-state index < -0.39 is 0 Å². The number of hydrogen-bond donors (Lipinski definition) is 0. The molecule has 1 heterocycles. The van der Waals surface area contributed by atoms with E-state index in [-0.39, 0.29) is 5.97 Å². The summed E-state index contributed by atoms with van der Waals surface area (Å²) in [6.45, 7) is 2.14. The zero-order chi connectivity index (χ0) is 12.1. The van der Waals surface area contributed by atoms with Gasteiger partial charge in [0.15, 0.2) is 0 Å². The van der Waals surface area contributed by atoms with Crippen molar-refractivity contribution in [3.8, 4) is 0 Å². The molecule has 0 aliphatic heterocycles. The Bertz CT molecular complexity index is 526. The lowest BCUT2D eigenvalue weighted by molar-refractivity contribution is -0.143. The second-order valence-electron chi connectivity index (χ2n) is 3.67. The number of fused-ring (bicyclic) bond motifs is 1. The Morgan fingerprint density at radius 1 is 1.29 bits per heavy atom. The standard InChI is InChI=1S/C13H14N2O2/c1-2-13(16)17-8-7-10-9-14-11-5-3-4-6-12(11)15-10/h3-6,9H,2,7-8H2,1H3. The van der Waals surface area contributed by atoms with Gasteiger partial charge in [-0.05, 0) is 12.1 Å². The van der Waals surface area contributed by atoms with Crippen LogP contribution in [0.15, 0.2) is 30.5 Å². The molecule has 0 saturated heterocycles. The smallest absolute Gasteiger partial charge is 0.305 e. The topological polar surface area (TPSA) is 52.1 Å². The molecular weight excluding hydrogens is 216 g/mol. The molecule has 0 N–H and O–H groups in total. The van der Waals surface area contributed by atoms with Crippen molar-refractivity contribution in [1.82, 2.24) is 9.97 Å². The minimum absolute atomic E-state index is 0.182. The van der Waals surface area contributed by atoms with E-state index in [4.69, 9.17) is 4.74 Å². The van der Waals surface area contributed by atoms with E-state index in [2.05, 4.69) is 9.97 Å². The van der Waals surface area contributed by atoms with E-state index in [9.17, 15) is 4.79 Å². The van der Waals surface area contributed by atoms with Crippen molar-refractivity contribution < 1.29 is 9.53 Å². The van der Waals surface area contributed by atoms with Gasteiger partial charge >= 0.3 is 5.97 Å². The monoisotopic (exact) mass is 230 g/mol.